The number of hydrogen-bond donors (Lipinski definition) is 2. The summed E-state index contributed by atoms with van der Waals surface area (Å²) < 4.78 is 10.6. The Labute approximate surface area is 170 Å². The molecule has 7 nitrogen and oxygen atoms in total. The number of rotatable bonds is 8. The SMILES string of the molecule is COc1ccc(OC)c(Nc2nc(C)cc(C(=O)NCCc3ccccc3)n2)c1. The standard InChI is InChI=1S/C22H24N4O3/c1-15-13-19(21(27)23-12-11-16-7-5-4-6-8-16)26-22(24-15)25-18-14-17(28-2)9-10-20(18)29-3/h4-10,13-14H,11-12H2,1-3H3,(H,23,27)(H,24,25,26). The Morgan fingerprint density at radius 2 is 1.79 bits per heavy atom. The number of ether oxygens (including phenoxy) is 2. The van der Waals surface area contributed by atoms with Crippen molar-refractivity contribution in [2.75, 3.05) is 26.1 Å². The van der Waals surface area contributed by atoms with E-state index in [1.807, 2.05) is 37.3 Å². The van der Waals surface area contributed by atoms with Crippen LogP contribution in [0.4, 0.5) is 11.6 Å². The molecule has 0 unspecified atom stereocenters. The van der Waals surface area contributed by atoms with Crippen LogP contribution in [0.15, 0.2) is 54.6 Å². The number of amides is 1. The van der Waals surface area contributed by atoms with E-state index < -0.39 is 0 Å². The number of benzene rings is 2. The van der Waals surface area contributed by atoms with Gasteiger partial charge in [-0.05, 0) is 37.1 Å². The molecule has 0 saturated carbocycles. The van der Waals surface area contributed by atoms with Crippen LogP contribution in [0.3, 0.4) is 0 Å². The summed E-state index contributed by atoms with van der Waals surface area (Å²) in [5.41, 5.74) is 2.79. The third-order valence-corrected chi connectivity index (χ3v) is 4.28. The van der Waals surface area contributed by atoms with Crippen molar-refractivity contribution in [3.8, 4) is 11.5 Å². The van der Waals surface area contributed by atoms with E-state index in [1.165, 1.54) is 5.56 Å². The molecule has 0 spiro atoms. The van der Waals surface area contributed by atoms with Crippen molar-refractivity contribution in [1.29, 1.82) is 0 Å². The van der Waals surface area contributed by atoms with Crippen molar-refractivity contribution < 1.29 is 14.3 Å². The van der Waals surface area contributed by atoms with E-state index in [0.717, 1.165) is 6.42 Å². The van der Waals surface area contributed by atoms with Crippen LogP contribution in [0.1, 0.15) is 21.7 Å². The van der Waals surface area contributed by atoms with Crippen LogP contribution in [0, 0.1) is 6.92 Å². The number of anilines is 2. The van der Waals surface area contributed by atoms with Crippen molar-refractivity contribution in [3.63, 3.8) is 0 Å². The number of carbonyl (C=O) groups is 1. The van der Waals surface area contributed by atoms with Gasteiger partial charge >= 0.3 is 0 Å². The van der Waals surface area contributed by atoms with Crippen molar-refractivity contribution in [1.82, 2.24) is 15.3 Å². The average molecular weight is 392 g/mol. The largest absolute Gasteiger partial charge is 0.497 e. The lowest BCUT2D eigenvalue weighted by Gasteiger charge is -2.13. The van der Waals surface area contributed by atoms with Crippen LogP contribution in [-0.4, -0.2) is 36.6 Å². The molecule has 3 rings (SSSR count). The lowest BCUT2D eigenvalue weighted by atomic mass is 10.1. The van der Waals surface area contributed by atoms with Crippen molar-refractivity contribution in [2.45, 2.75) is 13.3 Å². The highest BCUT2D eigenvalue weighted by atomic mass is 16.5. The maximum absolute atomic E-state index is 12.5. The molecular formula is C22H24N4O3. The van der Waals surface area contributed by atoms with Gasteiger partial charge in [-0.15, -0.1) is 0 Å². The van der Waals surface area contributed by atoms with Gasteiger partial charge in [0.25, 0.3) is 5.91 Å². The summed E-state index contributed by atoms with van der Waals surface area (Å²) in [5.74, 6) is 1.35. The Morgan fingerprint density at radius 3 is 2.52 bits per heavy atom. The maximum atomic E-state index is 12.5. The van der Waals surface area contributed by atoms with Gasteiger partial charge in [-0.3, -0.25) is 4.79 Å². The highest BCUT2D eigenvalue weighted by molar-refractivity contribution is 5.92. The van der Waals surface area contributed by atoms with Crippen molar-refractivity contribution in [2.24, 2.45) is 0 Å². The van der Waals surface area contributed by atoms with Gasteiger partial charge in [0, 0.05) is 18.3 Å². The molecule has 0 aliphatic heterocycles. The van der Waals surface area contributed by atoms with E-state index in [9.17, 15) is 4.79 Å². The molecule has 0 atom stereocenters. The topological polar surface area (TPSA) is 85.4 Å². The minimum absolute atomic E-state index is 0.243. The molecule has 0 saturated heterocycles. The lowest BCUT2D eigenvalue weighted by Crippen LogP contribution is -2.27. The highest BCUT2D eigenvalue weighted by Gasteiger charge is 2.12. The van der Waals surface area contributed by atoms with Gasteiger partial charge in [0.15, 0.2) is 0 Å². The van der Waals surface area contributed by atoms with Crippen molar-refractivity contribution >= 4 is 17.5 Å². The molecule has 0 radical (unpaired) electrons. The van der Waals surface area contributed by atoms with E-state index in [0.29, 0.717) is 41.1 Å². The van der Waals surface area contributed by atoms with Crippen LogP contribution in [-0.2, 0) is 6.42 Å². The monoisotopic (exact) mass is 392 g/mol. The minimum Gasteiger partial charge on any atom is -0.497 e. The fourth-order valence-corrected chi connectivity index (χ4v) is 2.83. The molecule has 0 aliphatic rings. The normalized spacial score (nSPS) is 10.3. The molecule has 1 aromatic heterocycles. The van der Waals surface area contributed by atoms with Crippen LogP contribution >= 0.6 is 0 Å². The van der Waals surface area contributed by atoms with Gasteiger partial charge in [-0.2, -0.15) is 0 Å². The van der Waals surface area contributed by atoms with Gasteiger partial charge in [0.05, 0.1) is 19.9 Å². The van der Waals surface area contributed by atoms with Crippen LogP contribution in [0.25, 0.3) is 0 Å². The number of nitrogens with one attached hydrogen (secondary N) is 2. The molecule has 3 aromatic rings. The first-order valence-electron chi connectivity index (χ1n) is 9.26. The Balaban J connectivity index is 1.72. The van der Waals surface area contributed by atoms with E-state index in [4.69, 9.17) is 9.47 Å². The predicted octanol–water partition coefficient (Wildman–Crippen LogP) is 3.52. The summed E-state index contributed by atoms with van der Waals surface area (Å²) >= 11 is 0. The number of nitrogens with zero attached hydrogens (tertiary/aromatic N) is 2. The smallest absolute Gasteiger partial charge is 0.270 e. The zero-order chi connectivity index (χ0) is 20.6. The summed E-state index contributed by atoms with van der Waals surface area (Å²) in [6.45, 7) is 2.34. The van der Waals surface area contributed by atoms with Crippen LogP contribution in [0.2, 0.25) is 0 Å². The van der Waals surface area contributed by atoms with E-state index in [-0.39, 0.29) is 5.91 Å². The summed E-state index contributed by atoms with van der Waals surface area (Å²) in [4.78, 5) is 21.3. The minimum atomic E-state index is -0.243. The molecule has 1 heterocycles. The second-order valence-electron chi connectivity index (χ2n) is 6.40. The molecule has 2 N–H and O–H groups in total. The molecule has 1 amide bonds. The first-order valence-corrected chi connectivity index (χ1v) is 9.26. The highest BCUT2D eigenvalue weighted by Crippen LogP contribution is 2.30. The molecule has 0 aliphatic carbocycles. The number of methoxy groups -OCH3 is 2. The fourth-order valence-electron chi connectivity index (χ4n) is 2.83. The first-order chi connectivity index (χ1) is 14.1. The molecule has 7 heteroatoms. The van der Waals surface area contributed by atoms with Crippen LogP contribution < -0.4 is 20.1 Å². The molecular weight excluding hydrogens is 368 g/mol. The van der Waals surface area contributed by atoms with E-state index >= 15 is 0 Å². The zero-order valence-corrected chi connectivity index (χ0v) is 16.7. The molecule has 0 bridgehead atoms. The molecule has 29 heavy (non-hydrogen) atoms. The number of aryl methyl sites for hydroxylation is 1. The molecule has 0 fully saturated rings. The Hall–Kier alpha value is -3.61. The first kappa shape index (κ1) is 20.1. The number of carbonyl (C=O) groups excluding carboxylic acids is 1. The Morgan fingerprint density at radius 1 is 1.00 bits per heavy atom. The van der Waals surface area contributed by atoms with Gasteiger partial charge < -0.3 is 20.1 Å². The summed E-state index contributed by atoms with van der Waals surface area (Å²) in [7, 11) is 3.17. The average Bonchev–Trinajstić information content (AvgIpc) is 2.74. The van der Waals surface area contributed by atoms with Gasteiger partial charge in [-0.1, -0.05) is 30.3 Å². The van der Waals surface area contributed by atoms with Crippen LogP contribution in [0.5, 0.6) is 11.5 Å². The predicted molar refractivity (Wildman–Crippen MR) is 112 cm³/mol. The van der Waals surface area contributed by atoms with Crippen molar-refractivity contribution in [3.05, 3.63) is 71.5 Å². The van der Waals surface area contributed by atoms with E-state index in [1.54, 1.807) is 38.5 Å². The second-order valence-corrected chi connectivity index (χ2v) is 6.40. The second kappa shape index (κ2) is 9.54. The van der Waals surface area contributed by atoms with Gasteiger partial charge in [0.1, 0.15) is 17.2 Å². The van der Waals surface area contributed by atoms with Gasteiger partial charge in [0.2, 0.25) is 5.95 Å². The Bertz CT molecular complexity index is 977. The zero-order valence-electron chi connectivity index (χ0n) is 16.7. The third-order valence-electron chi connectivity index (χ3n) is 4.28. The third kappa shape index (κ3) is 5.44. The molecule has 2 aromatic carbocycles. The number of hydrogen-bond acceptors (Lipinski definition) is 6. The van der Waals surface area contributed by atoms with E-state index in [2.05, 4.69) is 20.6 Å². The molecule has 150 valence electrons. The maximum Gasteiger partial charge on any atom is 0.270 e. The summed E-state index contributed by atoms with van der Waals surface area (Å²) in [6.07, 6.45) is 0.753. The summed E-state index contributed by atoms with van der Waals surface area (Å²) in [5, 5.41) is 6.01. The lowest BCUT2D eigenvalue weighted by molar-refractivity contribution is 0.0949. The fraction of sp³-hybridized carbons (Fsp3) is 0.227. The Kier molecular flexibility index (Phi) is 6.63. The quantitative estimate of drug-likeness (QED) is 0.610. The number of aromatic nitrogens is 2. The van der Waals surface area contributed by atoms with Gasteiger partial charge in [-0.25, -0.2) is 9.97 Å². The summed E-state index contributed by atoms with van der Waals surface area (Å²) in [6, 6.07) is 17.0.